The van der Waals surface area contributed by atoms with Gasteiger partial charge in [-0.15, -0.1) is 0 Å². The molecule has 22 heavy (non-hydrogen) atoms. The van der Waals surface area contributed by atoms with Gasteiger partial charge in [-0.25, -0.2) is 5.43 Å². The van der Waals surface area contributed by atoms with Crippen LogP contribution in [0.4, 0.5) is 0 Å². The molecule has 0 saturated carbocycles. The number of amides is 1. The third kappa shape index (κ3) is 4.60. The van der Waals surface area contributed by atoms with Crippen LogP contribution in [0.15, 0.2) is 53.6 Å². The quantitative estimate of drug-likeness (QED) is 0.677. The fourth-order valence-electron chi connectivity index (χ4n) is 1.71. The van der Waals surface area contributed by atoms with Gasteiger partial charge in [-0.1, -0.05) is 47.5 Å². The highest BCUT2D eigenvalue weighted by molar-refractivity contribution is 6.33. The zero-order valence-corrected chi connectivity index (χ0v) is 13.2. The van der Waals surface area contributed by atoms with Crippen LogP contribution in [0.5, 0.6) is 5.75 Å². The number of halogens is 1. The van der Waals surface area contributed by atoms with Gasteiger partial charge in [0.1, 0.15) is 5.75 Å². The highest BCUT2D eigenvalue weighted by atomic mass is 35.5. The van der Waals surface area contributed by atoms with Crippen molar-refractivity contribution < 1.29 is 9.53 Å². The lowest BCUT2D eigenvalue weighted by Crippen LogP contribution is -2.33. The van der Waals surface area contributed by atoms with E-state index in [0.29, 0.717) is 10.8 Å². The Morgan fingerprint density at radius 2 is 1.91 bits per heavy atom. The van der Waals surface area contributed by atoms with Crippen LogP contribution < -0.4 is 10.2 Å². The van der Waals surface area contributed by atoms with E-state index in [1.807, 2.05) is 49.4 Å². The lowest BCUT2D eigenvalue weighted by molar-refractivity contribution is -0.127. The minimum atomic E-state index is -0.647. The molecule has 0 aromatic heterocycles. The first-order chi connectivity index (χ1) is 10.6. The van der Waals surface area contributed by atoms with E-state index >= 15 is 0 Å². The lowest BCUT2D eigenvalue weighted by atomic mass is 10.2. The maximum atomic E-state index is 11.9. The van der Waals surface area contributed by atoms with Crippen molar-refractivity contribution in [2.45, 2.75) is 20.0 Å². The molecular weight excluding hydrogens is 300 g/mol. The van der Waals surface area contributed by atoms with Crippen molar-refractivity contribution in [2.75, 3.05) is 0 Å². The van der Waals surface area contributed by atoms with Crippen molar-refractivity contribution in [3.63, 3.8) is 0 Å². The summed E-state index contributed by atoms with van der Waals surface area (Å²) in [6.07, 6.45) is 0.852. The van der Waals surface area contributed by atoms with Crippen LogP contribution in [-0.4, -0.2) is 18.2 Å². The third-order valence-corrected chi connectivity index (χ3v) is 3.33. The van der Waals surface area contributed by atoms with Crippen LogP contribution in [0.1, 0.15) is 18.1 Å². The van der Waals surface area contributed by atoms with Crippen molar-refractivity contribution in [2.24, 2.45) is 5.10 Å². The lowest BCUT2D eigenvalue weighted by Gasteiger charge is -2.12. The van der Waals surface area contributed by atoms with E-state index in [9.17, 15) is 4.79 Å². The average Bonchev–Trinajstić information content (AvgIpc) is 2.51. The predicted octanol–water partition coefficient (Wildman–Crippen LogP) is 3.57. The molecule has 0 aliphatic carbocycles. The van der Waals surface area contributed by atoms with Crippen molar-refractivity contribution in [1.29, 1.82) is 0 Å². The molecule has 1 atom stereocenters. The second kappa shape index (κ2) is 7.61. The number of aryl methyl sites for hydroxylation is 1. The van der Waals surface area contributed by atoms with E-state index in [1.165, 1.54) is 6.21 Å². The number of nitrogens with zero attached hydrogens (tertiary/aromatic N) is 1. The van der Waals surface area contributed by atoms with Gasteiger partial charge < -0.3 is 4.74 Å². The number of nitrogens with one attached hydrogen (secondary N) is 1. The van der Waals surface area contributed by atoms with Gasteiger partial charge in [0.2, 0.25) is 0 Å². The molecule has 0 spiro atoms. The molecule has 2 aromatic rings. The summed E-state index contributed by atoms with van der Waals surface area (Å²) in [5, 5.41) is 4.46. The molecule has 114 valence electrons. The molecule has 0 saturated heterocycles. The molecule has 0 aliphatic heterocycles. The Morgan fingerprint density at radius 1 is 1.23 bits per heavy atom. The maximum Gasteiger partial charge on any atom is 0.280 e. The SMILES string of the molecule is Cc1ccc(OC(C)C(=O)NN=Cc2ccccc2Cl)cc1. The van der Waals surface area contributed by atoms with Crippen LogP contribution in [0.3, 0.4) is 0 Å². The van der Waals surface area contributed by atoms with Gasteiger partial charge in [-0.05, 0) is 32.0 Å². The Balaban J connectivity index is 1.89. The largest absolute Gasteiger partial charge is 0.481 e. The average molecular weight is 317 g/mol. The molecular formula is C17H17ClN2O2. The summed E-state index contributed by atoms with van der Waals surface area (Å²) < 4.78 is 5.55. The molecule has 4 nitrogen and oxygen atoms in total. The van der Waals surface area contributed by atoms with Crippen molar-refractivity contribution >= 4 is 23.7 Å². The van der Waals surface area contributed by atoms with Crippen LogP contribution in [-0.2, 0) is 4.79 Å². The Hall–Kier alpha value is -2.33. The maximum absolute atomic E-state index is 11.9. The van der Waals surface area contributed by atoms with Crippen molar-refractivity contribution in [1.82, 2.24) is 5.43 Å². The molecule has 0 radical (unpaired) electrons. The molecule has 2 aromatic carbocycles. The Labute approximate surface area is 134 Å². The van der Waals surface area contributed by atoms with E-state index in [1.54, 1.807) is 13.0 Å². The van der Waals surface area contributed by atoms with Crippen LogP contribution in [0, 0.1) is 6.92 Å². The predicted molar refractivity (Wildman–Crippen MR) is 88.5 cm³/mol. The summed E-state index contributed by atoms with van der Waals surface area (Å²) in [6, 6.07) is 14.7. The molecule has 1 N–H and O–H groups in total. The molecule has 0 bridgehead atoms. The second-order valence-electron chi connectivity index (χ2n) is 4.83. The third-order valence-electron chi connectivity index (χ3n) is 2.99. The Bertz CT molecular complexity index is 669. The van der Waals surface area contributed by atoms with Gasteiger partial charge >= 0.3 is 0 Å². The van der Waals surface area contributed by atoms with E-state index < -0.39 is 6.10 Å². The zero-order chi connectivity index (χ0) is 15.9. The number of ether oxygens (including phenoxy) is 1. The smallest absolute Gasteiger partial charge is 0.280 e. The van der Waals surface area contributed by atoms with Gasteiger partial charge in [0, 0.05) is 10.6 Å². The van der Waals surface area contributed by atoms with E-state index in [4.69, 9.17) is 16.3 Å². The van der Waals surface area contributed by atoms with Crippen LogP contribution >= 0.6 is 11.6 Å². The number of hydrazone groups is 1. The van der Waals surface area contributed by atoms with E-state index in [2.05, 4.69) is 10.5 Å². The molecule has 1 unspecified atom stereocenters. The van der Waals surface area contributed by atoms with Crippen LogP contribution in [0.25, 0.3) is 0 Å². The molecule has 0 heterocycles. The first kappa shape index (κ1) is 16.0. The van der Waals surface area contributed by atoms with Gasteiger partial charge in [0.25, 0.3) is 5.91 Å². The summed E-state index contributed by atoms with van der Waals surface area (Å²) in [5.41, 5.74) is 4.30. The van der Waals surface area contributed by atoms with Crippen LogP contribution in [0.2, 0.25) is 5.02 Å². The summed E-state index contributed by atoms with van der Waals surface area (Å²) in [5.74, 6) is 0.312. The normalized spacial score (nSPS) is 12.1. The molecule has 1 amide bonds. The summed E-state index contributed by atoms with van der Waals surface area (Å²) in [4.78, 5) is 11.9. The van der Waals surface area contributed by atoms with E-state index in [-0.39, 0.29) is 5.91 Å². The second-order valence-corrected chi connectivity index (χ2v) is 5.24. The van der Waals surface area contributed by atoms with Crippen molar-refractivity contribution in [3.8, 4) is 5.75 Å². The van der Waals surface area contributed by atoms with E-state index in [0.717, 1.165) is 11.1 Å². The first-order valence-corrected chi connectivity index (χ1v) is 7.25. The fraction of sp³-hybridized carbons (Fsp3) is 0.176. The standard InChI is InChI=1S/C17H17ClN2O2/c1-12-7-9-15(10-8-12)22-13(2)17(21)20-19-11-14-5-3-4-6-16(14)18/h3-11,13H,1-2H3,(H,20,21). The zero-order valence-electron chi connectivity index (χ0n) is 12.4. The van der Waals surface area contributed by atoms with Crippen molar-refractivity contribution in [3.05, 3.63) is 64.7 Å². The summed E-state index contributed by atoms with van der Waals surface area (Å²) in [6.45, 7) is 3.66. The first-order valence-electron chi connectivity index (χ1n) is 6.87. The topological polar surface area (TPSA) is 50.7 Å². The van der Waals surface area contributed by atoms with Gasteiger partial charge in [-0.2, -0.15) is 5.10 Å². The van der Waals surface area contributed by atoms with Gasteiger partial charge in [0.05, 0.1) is 6.21 Å². The Morgan fingerprint density at radius 3 is 2.59 bits per heavy atom. The monoisotopic (exact) mass is 316 g/mol. The van der Waals surface area contributed by atoms with Gasteiger partial charge in [0.15, 0.2) is 6.10 Å². The van der Waals surface area contributed by atoms with Gasteiger partial charge in [-0.3, -0.25) is 4.79 Å². The number of carbonyl (C=O) groups is 1. The highest BCUT2D eigenvalue weighted by Crippen LogP contribution is 2.14. The number of hydrogen-bond donors (Lipinski definition) is 1. The number of hydrogen-bond acceptors (Lipinski definition) is 3. The molecule has 0 aliphatic rings. The minimum absolute atomic E-state index is 0.330. The molecule has 5 heteroatoms. The fourth-order valence-corrected chi connectivity index (χ4v) is 1.90. The molecule has 2 rings (SSSR count). The highest BCUT2D eigenvalue weighted by Gasteiger charge is 2.13. The summed E-state index contributed by atoms with van der Waals surface area (Å²) >= 11 is 5.99. The molecule has 0 fully saturated rings. The Kier molecular flexibility index (Phi) is 5.55. The number of carbonyl (C=O) groups excluding carboxylic acids is 1. The minimum Gasteiger partial charge on any atom is -0.481 e. The summed E-state index contributed by atoms with van der Waals surface area (Å²) in [7, 11) is 0. The number of rotatable bonds is 5. The number of benzene rings is 2.